The molecule has 18 heavy (non-hydrogen) atoms. The first-order valence-corrected chi connectivity index (χ1v) is 6.23. The molecule has 1 rings (SSSR count). The highest BCUT2D eigenvalue weighted by molar-refractivity contribution is 6.04. The maximum absolute atomic E-state index is 12.0. The molecule has 0 aliphatic heterocycles. The van der Waals surface area contributed by atoms with Gasteiger partial charge in [0.25, 0.3) is 5.91 Å². The van der Waals surface area contributed by atoms with Crippen LogP contribution in [0, 0.1) is 0 Å². The smallest absolute Gasteiger partial charge is 0.336 e. The maximum atomic E-state index is 12.0. The predicted molar refractivity (Wildman–Crippen MR) is 69.9 cm³/mol. The van der Waals surface area contributed by atoms with E-state index in [-0.39, 0.29) is 23.1 Å². The molecule has 0 saturated carbocycles. The molecule has 1 atom stereocenters. The number of hydrogen-bond donors (Lipinski definition) is 2. The molecule has 1 aromatic carbocycles. The molecule has 0 radical (unpaired) electrons. The summed E-state index contributed by atoms with van der Waals surface area (Å²) in [5.41, 5.74) is 0.265. The quantitative estimate of drug-likeness (QED) is 0.814. The Morgan fingerprint density at radius 2 is 1.83 bits per heavy atom. The first kappa shape index (κ1) is 14.2. The molecular formula is C14H19NO3. The van der Waals surface area contributed by atoms with Crippen LogP contribution in [0.4, 0.5) is 0 Å². The summed E-state index contributed by atoms with van der Waals surface area (Å²) in [6, 6.07) is 6.37. The van der Waals surface area contributed by atoms with E-state index in [1.807, 2.05) is 6.92 Å². The van der Waals surface area contributed by atoms with Gasteiger partial charge in [-0.05, 0) is 25.0 Å². The van der Waals surface area contributed by atoms with E-state index in [1.54, 1.807) is 12.1 Å². The van der Waals surface area contributed by atoms with E-state index >= 15 is 0 Å². The van der Waals surface area contributed by atoms with E-state index in [1.165, 1.54) is 12.1 Å². The summed E-state index contributed by atoms with van der Waals surface area (Å²) in [6.07, 6.45) is 2.73. The molecule has 4 heteroatoms. The van der Waals surface area contributed by atoms with E-state index in [4.69, 9.17) is 5.11 Å². The molecule has 0 bridgehead atoms. The standard InChI is InChI=1S/C14H19NO3/c1-3-7-10(4-2)15-13(16)11-8-5-6-9-12(11)14(17)18/h5-6,8-10H,3-4,7H2,1-2H3,(H,15,16)(H,17,18). The van der Waals surface area contributed by atoms with E-state index in [9.17, 15) is 9.59 Å². The maximum Gasteiger partial charge on any atom is 0.336 e. The van der Waals surface area contributed by atoms with Crippen molar-refractivity contribution in [1.82, 2.24) is 5.32 Å². The number of carboxylic acids is 1. The minimum absolute atomic E-state index is 0.0429. The summed E-state index contributed by atoms with van der Waals surface area (Å²) in [6.45, 7) is 4.06. The zero-order valence-electron chi connectivity index (χ0n) is 10.8. The number of hydrogen-bond acceptors (Lipinski definition) is 2. The lowest BCUT2D eigenvalue weighted by molar-refractivity contribution is 0.0690. The highest BCUT2D eigenvalue weighted by atomic mass is 16.4. The molecular weight excluding hydrogens is 230 g/mol. The number of aromatic carboxylic acids is 1. The van der Waals surface area contributed by atoms with Gasteiger partial charge in [-0.3, -0.25) is 4.79 Å². The topological polar surface area (TPSA) is 66.4 Å². The number of amides is 1. The summed E-state index contributed by atoms with van der Waals surface area (Å²) < 4.78 is 0. The van der Waals surface area contributed by atoms with Crippen molar-refractivity contribution in [2.24, 2.45) is 0 Å². The lowest BCUT2D eigenvalue weighted by Crippen LogP contribution is -2.35. The van der Waals surface area contributed by atoms with E-state index in [0.717, 1.165) is 19.3 Å². The van der Waals surface area contributed by atoms with E-state index < -0.39 is 5.97 Å². The summed E-state index contributed by atoms with van der Waals surface area (Å²) in [5, 5.41) is 11.9. The molecule has 0 saturated heterocycles. The Kier molecular flexibility index (Phi) is 5.36. The molecule has 0 aromatic heterocycles. The highest BCUT2D eigenvalue weighted by Crippen LogP contribution is 2.10. The second kappa shape index (κ2) is 6.79. The Labute approximate surface area is 107 Å². The van der Waals surface area contributed by atoms with Crippen molar-refractivity contribution in [2.75, 3.05) is 0 Å². The van der Waals surface area contributed by atoms with Crippen LogP contribution in [0.5, 0.6) is 0 Å². The van der Waals surface area contributed by atoms with Crippen LogP contribution in [0.2, 0.25) is 0 Å². The molecule has 0 aliphatic rings. The van der Waals surface area contributed by atoms with Crippen LogP contribution in [-0.4, -0.2) is 23.0 Å². The fourth-order valence-electron chi connectivity index (χ4n) is 1.86. The molecule has 1 aromatic rings. The number of carbonyl (C=O) groups excluding carboxylic acids is 1. The minimum Gasteiger partial charge on any atom is -0.478 e. The molecule has 98 valence electrons. The average Bonchev–Trinajstić information content (AvgIpc) is 2.38. The Morgan fingerprint density at radius 3 is 2.33 bits per heavy atom. The van der Waals surface area contributed by atoms with Gasteiger partial charge >= 0.3 is 5.97 Å². The Hall–Kier alpha value is -1.84. The van der Waals surface area contributed by atoms with Gasteiger partial charge in [0.1, 0.15) is 0 Å². The van der Waals surface area contributed by atoms with Gasteiger partial charge < -0.3 is 10.4 Å². The Morgan fingerprint density at radius 1 is 1.22 bits per heavy atom. The largest absolute Gasteiger partial charge is 0.478 e. The van der Waals surface area contributed by atoms with E-state index in [0.29, 0.717) is 0 Å². The van der Waals surface area contributed by atoms with Gasteiger partial charge in [-0.2, -0.15) is 0 Å². The summed E-state index contributed by atoms with van der Waals surface area (Å²) >= 11 is 0. The summed E-state index contributed by atoms with van der Waals surface area (Å²) in [4.78, 5) is 23.1. The van der Waals surface area contributed by atoms with Gasteiger partial charge in [0, 0.05) is 6.04 Å². The van der Waals surface area contributed by atoms with E-state index in [2.05, 4.69) is 12.2 Å². The zero-order valence-corrected chi connectivity index (χ0v) is 10.8. The van der Waals surface area contributed by atoms with Crippen LogP contribution in [0.15, 0.2) is 24.3 Å². The van der Waals surface area contributed by atoms with Crippen LogP contribution < -0.4 is 5.32 Å². The van der Waals surface area contributed by atoms with Crippen molar-refractivity contribution in [2.45, 2.75) is 39.2 Å². The number of carboxylic acid groups (broad SMARTS) is 1. The monoisotopic (exact) mass is 249 g/mol. The molecule has 1 amide bonds. The minimum atomic E-state index is -1.08. The number of rotatable bonds is 6. The lowest BCUT2D eigenvalue weighted by Gasteiger charge is -2.16. The van der Waals surface area contributed by atoms with Crippen LogP contribution >= 0.6 is 0 Å². The van der Waals surface area contributed by atoms with Crippen molar-refractivity contribution in [3.05, 3.63) is 35.4 Å². The Balaban J connectivity index is 2.87. The third-order valence-corrected chi connectivity index (χ3v) is 2.87. The van der Waals surface area contributed by atoms with Crippen molar-refractivity contribution >= 4 is 11.9 Å². The van der Waals surface area contributed by atoms with Crippen molar-refractivity contribution in [1.29, 1.82) is 0 Å². The van der Waals surface area contributed by atoms with Gasteiger partial charge in [0.15, 0.2) is 0 Å². The third-order valence-electron chi connectivity index (χ3n) is 2.87. The normalized spacial score (nSPS) is 11.9. The second-order valence-corrected chi connectivity index (χ2v) is 4.22. The predicted octanol–water partition coefficient (Wildman–Crippen LogP) is 2.69. The fraction of sp³-hybridized carbons (Fsp3) is 0.429. The van der Waals surface area contributed by atoms with Crippen molar-refractivity contribution < 1.29 is 14.7 Å². The fourth-order valence-corrected chi connectivity index (χ4v) is 1.86. The summed E-state index contributed by atoms with van der Waals surface area (Å²) in [5.74, 6) is -1.39. The van der Waals surface area contributed by atoms with Gasteiger partial charge in [0.05, 0.1) is 11.1 Å². The number of benzene rings is 1. The molecule has 0 spiro atoms. The van der Waals surface area contributed by atoms with Crippen LogP contribution in [0.25, 0.3) is 0 Å². The Bertz CT molecular complexity index is 429. The molecule has 4 nitrogen and oxygen atoms in total. The molecule has 0 aliphatic carbocycles. The van der Waals surface area contributed by atoms with Crippen molar-refractivity contribution in [3.8, 4) is 0 Å². The van der Waals surface area contributed by atoms with Crippen LogP contribution in [0.3, 0.4) is 0 Å². The molecule has 1 unspecified atom stereocenters. The lowest BCUT2D eigenvalue weighted by atomic mass is 10.0. The first-order valence-electron chi connectivity index (χ1n) is 6.23. The number of nitrogens with one attached hydrogen (secondary N) is 1. The number of carbonyl (C=O) groups is 2. The van der Waals surface area contributed by atoms with Gasteiger partial charge in [-0.1, -0.05) is 32.4 Å². The van der Waals surface area contributed by atoms with Crippen LogP contribution in [-0.2, 0) is 0 Å². The molecule has 0 fully saturated rings. The molecule has 0 heterocycles. The van der Waals surface area contributed by atoms with Crippen molar-refractivity contribution in [3.63, 3.8) is 0 Å². The highest BCUT2D eigenvalue weighted by Gasteiger charge is 2.17. The summed E-state index contributed by atoms with van der Waals surface area (Å²) in [7, 11) is 0. The second-order valence-electron chi connectivity index (χ2n) is 4.22. The van der Waals surface area contributed by atoms with Crippen LogP contribution in [0.1, 0.15) is 53.8 Å². The van der Waals surface area contributed by atoms with Gasteiger partial charge in [0.2, 0.25) is 0 Å². The molecule has 2 N–H and O–H groups in total. The SMILES string of the molecule is CCCC(CC)NC(=O)c1ccccc1C(=O)O. The zero-order chi connectivity index (χ0) is 13.5. The van der Waals surface area contributed by atoms with Gasteiger partial charge in [-0.15, -0.1) is 0 Å². The van der Waals surface area contributed by atoms with Gasteiger partial charge in [-0.25, -0.2) is 4.79 Å². The third kappa shape index (κ3) is 3.58. The first-order chi connectivity index (χ1) is 8.60. The average molecular weight is 249 g/mol.